The first-order chi connectivity index (χ1) is 9.74. The van der Waals surface area contributed by atoms with Crippen LogP contribution in [-0.2, 0) is 13.1 Å². The van der Waals surface area contributed by atoms with Crippen LogP contribution in [0.5, 0.6) is 0 Å². The van der Waals surface area contributed by atoms with Crippen molar-refractivity contribution < 1.29 is 0 Å². The van der Waals surface area contributed by atoms with Gasteiger partial charge in [0.05, 0.1) is 5.69 Å². The highest BCUT2D eigenvalue weighted by atomic mass is 79.9. The summed E-state index contributed by atoms with van der Waals surface area (Å²) >= 11 is 3.46. The van der Waals surface area contributed by atoms with E-state index in [2.05, 4.69) is 62.4 Å². The Kier molecular flexibility index (Phi) is 6.18. The zero-order valence-electron chi connectivity index (χ0n) is 11.7. The van der Waals surface area contributed by atoms with Crippen LogP contribution in [0, 0.1) is 0 Å². The zero-order chi connectivity index (χ0) is 14.2. The van der Waals surface area contributed by atoms with E-state index in [1.165, 1.54) is 5.56 Å². The van der Waals surface area contributed by atoms with Gasteiger partial charge in [0.25, 0.3) is 0 Å². The van der Waals surface area contributed by atoms with Crippen molar-refractivity contribution in [2.45, 2.75) is 13.1 Å². The van der Waals surface area contributed by atoms with Crippen LogP contribution >= 0.6 is 15.9 Å². The zero-order valence-corrected chi connectivity index (χ0v) is 13.3. The van der Waals surface area contributed by atoms with Crippen molar-refractivity contribution >= 4 is 15.9 Å². The van der Waals surface area contributed by atoms with Crippen LogP contribution < -0.4 is 5.32 Å². The molecule has 0 aliphatic rings. The summed E-state index contributed by atoms with van der Waals surface area (Å²) in [7, 11) is 2.14. The monoisotopic (exact) mass is 333 g/mol. The largest absolute Gasteiger partial charge is 0.310 e. The molecule has 0 radical (unpaired) electrons. The highest BCUT2D eigenvalue weighted by Crippen LogP contribution is 2.11. The molecule has 1 heterocycles. The van der Waals surface area contributed by atoms with Crippen molar-refractivity contribution in [3.8, 4) is 0 Å². The Hall–Kier alpha value is -1.23. The van der Waals surface area contributed by atoms with Gasteiger partial charge in [-0.2, -0.15) is 0 Å². The Bertz CT molecular complexity index is 499. The average molecular weight is 334 g/mol. The smallest absolute Gasteiger partial charge is 0.0541 e. The van der Waals surface area contributed by atoms with E-state index in [0.29, 0.717) is 0 Å². The van der Waals surface area contributed by atoms with Crippen LogP contribution in [0.2, 0.25) is 0 Å². The molecule has 0 atom stereocenters. The molecule has 0 fully saturated rings. The van der Waals surface area contributed by atoms with Crippen molar-refractivity contribution in [3.05, 3.63) is 64.4 Å². The summed E-state index contributed by atoms with van der Waals surface area (Å²) < 4.78 is 1.13. The van der Waals surface area contributed by atoms with Crippen molar-refractivity contribution in [1.29, 1.82) is 0 Å². The van der Waals surface area contributed by atoms with E-state index < -0.39 is 0 Å². The molecule has 2 aromatic rings. The maximum Gasteiger partial charge on any atom is 0.0541 e. The topological polar surface area (TPSA) is 28.2 Å². The fourth-order valence-electron chi connectivity index (χ4n) is 1.97. The number of pyridine rings is 1. The number of benzene rings is 1. The Labute approximate surface area is 129 Å². The van der Waals surface area contributed by atoms with Gasteiger partial charge in [0.2, 0.25) is 0 Å². The minimum Gasteiger partial charge on any atom is -0.310 e. The number of aromatic nitrogens is 1. The number of hydrogen-bond donors (Lipinski definition) is 1. The molecule has 20 heavy (non-hydrogen) atoms. The molecule has 4 heteroatoms. The summed E-state index contributed by atoms with van der Waals surface area (Å²) in [4.78, 5) is 6.60. The fourth-order valence-corrected chi connectivity index (χ4v) is 2.23. The lowest BCUT2D eigenvalue weighted by molar-refractivity contribution is 0.324. The van der Waals surface area contributed by atoms with Gasteiger partial charge < -0.3 is 10.2 Å². The molecule has 1 N–H and O–H groups in total. The molecule has 3 nitrogen and oxygen atoms in total. The summed E-state index contributed by atoms with van der Waals surface area (Å²) in [6.45, 7) is 3.78. The highest BCUT2D eigenvalue weighted by Gasteiger charge is 2.00. The van der Waals surface area contributed by atoms with E-state index in [4.69, 9.17) is 0 Å². The van der Waals surface area contributed by atoms with E-state index in [1.807, 2.05) is 24.4 Å². The van der Waals surface area contributed by atoms with Crippen molar-refractivity contribution in [1.82, 2.24) is 15.2 Å². The highest BCUT2D eigenvalue weighted by molar-refractivity contribution is 9.10. The Balaban J connectivity index is 1.65. The normalized spacial score (nSPS) is 10.9. The minimum absolute atomic E-state index is 0.826. The minimum atomic E-state index is 0.826. The van der Waals surface area contributed by atoms with Gasteiger partial charge in [-0.25, -0.2) is 0 Å². The summed E-state index contributed by atoms with van der Waals surface area (Å²) in [5, 5.41) is 3.42. The Morgan fingerprint density at radius 1 is 1.15 bits per heavy atom. The van der Waals surface area contributed by atoms with Gasteiger partial charge in [-0.15, -0.1) is 0 Å². The third-order valence-corrected chi connectivity index (χ3v) is 3.60. The van der Waals surface area contributed by atoms with Crippen LogP contribution in [0.4, 0.5) is 0 Å². The fraction of sp³-hybridized carbons (Fsp3) is 0.312. The molecule has 0 saturated heterocycles. The van der Waals surface area contributed by atoms with Gasteiger partial charge in [-0.1, -0.05) is 34.1 Å². The molecule has 0 bridgehead atoms. The van der Waals surface area contributed by atoms with Crippen LogP contribution in [0.15, 0.2) is 53.1 Å². The summed E-state index contributed by atoms with van der Waals surface area (Å²) in [5.74, 6) is 0. The average Bonchev–Trinajstić information content (AvgIpc) is 2.47. The molecule has 2 rings (SSSR count). The molecule has 106 valence electrons. The van der Waals surface area contributed by atoms with Crippen LogP contribution in [0.1, 0.15) is 11.3 Å². The van der Waals surface area contributed by atoms with Crippen LogP contribution in [-0.4, -0.2) is 30.0 Å². The molecule has 0 aliphatic carbocycles. The van der Waals surface area contributed by atoms with E-state index in [0.717, 1.165) is 36.3 Å². The summed E-state index contributed by atoms with van der Waals surface area (Å²) in [6, 6.07) is 14.5. The molecule has 1 aromatic heterocycles. The number of rotatable bonds is 7. The number of halogens is 1. The first kappa shape index (κ1) is 15.2. The lowest BCUT2D eigenvalue weighted by atomic mass is 10.2. The third kappa shape index (κ3) is 5.41. The molecular weight excluding hydrogens is 314 g/mol. The first-order valence-electron chi connectivity index (χ1n) is 6.77. The summed E-state index contributed by atoms with van der Waals surface area (Å²) in [6.07, 6.45) is 1.83. The maximum atomic E-state index is 4.29. The van der Waals surface area contributed by atoms with Gasteiger partial charge in [0, 0.05) is 36.8 Å². The molecule has 0 amide bonds. The SMILES string of the molecule is CN(CCNCc1ccccn1)Cc1ccc(Br)cc1. The maximum absolute atomic E-state index is 4.29. The number of hydrogen-bond acceptors (Lipinski definition) is 3. The molecule has 0 spiro atoms. The van der Waals surface area contributed by atoms with Gasteiger partial charge in [-0.05, 0) is 36.9 Å². The predicted octanol–water partition coefficient (Wildman–Crippen LogP) is 3.07. The Morgan fingerprint density at radius 3 is 2.65 bits per heavy atom. The molecular formula is C16H20BrN3. The molecule has 1 aromatic carbocycles. The van der Waals surface area contributed by atoms with E-state index in [1.54, 1.807) is 0 Å². The molecule has 0 unspecified atom stereocenters. The quantitative estimate of drug-likeness (QED) is 0.789. The van der Waals surface area contributed by atoms with E-state index in [9.17, 15) is 0 Å². The van der Waals surface area contributed by atoms with Crippen molar-refractivity contribution in [2.24, 2.45) is 0 Å². The molecule has 0 aliphatic heterocycles. The van der Waals surface area contributed by atoms with Gasteiger partial charge in [-0.3, -0.25) is 4.98 Å². The second-order valence-corrected chi connectivity index (χ2v) is 5.78. The molecule has 0 saturated carbocycles. The van der Waals surface area contributed by atoms with Crippen molar-refractivity contribution in [2.75, 3.05) is 20.1 Å². The predicted molar refractivity (Wildman–Crippen MR) is 86.4 cm³/mol. The number of likely N-dealkylation sites (N-methyl/N-ethyl adjacent to an activating group) is 1. The van der Waals surface area contributed by atoms with Gasteiger partial charge in [0.15, 0.2) is 0 Å². The van der Waals surface area contributed by atoms with Crippen molar-refractivity contribution in [3.63, 3.8) is 0 Å². The lowest BCUT2D eigenvalue weighted by Gasteiger charge is -2.17. The third-order valence-electron chi connectivity index (χ3n) is 3.07. The van der Waals surface area contributed by atoms with Gasteiger partial charge >= 0.3 is 0 Å². The number of nitrogens with one attached hydrogen (secondary N) is 1. The van der Waals surface area contributed by atoms with Crippen LogP contribution in [0.3, 0.4) is 0 Å². The number of nitrogens with zero attached hydrogens (tertiary/aromatic N) is 2. The van der Waals surface area contributed by atoms with E-state index >= 15 is 0 Å². The Morgan fingerprint density at radius 2 is 1.95 bits per heavy atom. The van der Waals surface area contributed by atoms with E-state index in [-0.39, 0.29) is 0 Å². The van der Waals surface area contributed by atoms with Crippen LogP contribution in [0.25, 0.3) is 0 Å². The standard InChI is InChI=1S/C16H20BrN3/c1-20(13-14-5-7-15(17)8-6-14)11-10-18-12-16-4-2-3-9-19-16/h2-9,18H,10-13H2,1H3. The first-order valence-corrected chi connectivity index (χ1v) is 7.57. The van der Waals surface area contributed by atoms with Gasteiger partial charge in [0.1, 0.15) is 0 Å². The second kappa shape index (κ2) is 8.15. The summed E-state index contributed by atoms with van der Waals surface area (Å²) in [5.41, 5.74) is 2.42. The second-order valence-electron chi connectivity index (χ2n) is 4.86. The lowest BCUT2D eigenvalue weighted by Crippen LogP contribution is -2.28.